The summed E-state index contributed by atoms with van der Waals surface area (Å²) in [7, 11) is 1.42. The number of rotatable bonds is 4. The standard InChI is InChI=1S/C18H11BrN4O5S/c1-26-13-7-9(5-10-15(20)23-18(22-16(10)24)29-8-21-23)6-11(19)14(13)28-17(25)12-3-2-4-27-12/h2-8,20H,1H3. The van der Waals surface area contributed by atoms with Gasteiger partial charge < -0.3 is 13.9 Å². The molecule has 0 radical (unpaired) electrons. The van der Waals surface area contributed by atoms with Crippen molar-refractivity contribution in [3.05, 3.63) is 51.9 Å². The van der Waals surface area contributed by atoms with Gasteiger partial charge in [0.1, 0.15) is 0 Å². The second-order valence-corrected chi connectivity index (χ2v) is 7.32. The summed E-state index contributed by atoms with van der Waals surface area (Å²) in [5.41, 5.74) is 2.11. The Labute approximate surface area is 176 Å². The first-order valence-electron chi connectivity index (χ1n) is 8.04. The van der Waals surface area contributed by atoms with Gasteiger partial charge in [0.05, 0.1) is 29.0 Å². The number of fused-ring (bicyclic) bond motifs is 1. The number of hydrogen-bond acceptors (Lipinski definition) is 8. The third-order valence-corrected chi connectivity index (χ3v) is 5.14. The van der Waals surface area contributed by atoms with E-state index in [2.05, 4.69) is 26.0 Å². The highest BCUT2D eigenvalue weighted by molar-refractivity contribution is 9.10. The molecule has 0 spiro atoms. The molecule has 0 saturated carbocycles. The number of furan rings is 1. The fourth-order valence-corrected chi connectivity index (χ4v) is 3.71. The molecule has 0 fully saturated rings. The van der Waals surface area contributed by atoms with Crippen LogP contribution >= 0.6 is 27.7 Å². The van der Waals surface area contributed by atoms with Crippen molar-refractivity contribution in [1.82, 2.24) is 5.01 Å². The van der Waals surface area contributed by atoms with Crippen LogP contribution in [0.3, 0.4) is 0 Å². The van der Waals surface area contributed by atoms with E-state index in [0.29, 0.717) is 15.2 Å². The maximum absolute atomic E-state index is 12.3. The number of aliphatic imine (C=N–C) groups is 1. The summed E-state index contributed by atoms with van der Waals surface area (Å²) in [6, 6.07) is 6.26. The van der Waals surface area contributed by atoms with E-state index in [0.717, 1.165) is 0 Å². The number of hydrazone groups is 1. The molecule has 2 aliphatic heterocycles. The Hall–Kier alpha value is -3.18. The van der Waals surface area contributed by atoms with Crippen molar-refractivity contribution in [3.63, 3.8) is 0 Å². The van der Waals surface area contributed by atoms with Gasteiger partial charge in [0, 0.05) is 0 Å². The van der Waals surface area contributed by atoms with Gasteiger partial charge in [0.15, 0.2) is 22.5 Å². The zero-order chi connectivity index (χ0) is 20.5. The van der Waals surface area contributed by atoms with E-state index in [-0.39, 0.29) is 28.7 Å². The first-order chi connectivity index (χ1) is 14.0. The van der Waals surface area contributed by atoms with E-state index in [4.69, 9.17) is 19.3 Å². The summed E-state index contributed by atoms with van der Waals surface area (Å²) in [5.74, 6) is -0.853. The summed E-state index contributed by atoms with van der Waals surface area (Å²) in [5, 5.41) is 13.9. The van der Waals surface area contributed by atoms with Crippen LogP contribution in [-0.2, 0) is 4.79 Å². The van der Waals surface area contributed by atoms with Gasteiger partial charge in [-0.2, -0.15) is 15.1 Å². The zero-order valence-electron chi connectivity index (χ0n) is 14.7. The van der Waals surface area contributed by atoms with Gasteiger partial charge in [0.2, 0.25) is 5.76 Å². The number of amidine groups is 2. The van der Waals surface area contributed by atoms with Gasteiger partial charge in [0.25, 0.3) is 5.91 Å². The minimum Gasteiger partial charge on any atom is -0.493 e. The number of carbonyl (C=O) groups excluding carboxylic acids is 2. The molecule has 146 valence electrons. The third-order valence-electron chi connectivity index (χ3n) is 3.88. The second-order valence-electron chi connectivity index (χ2n) is 5.66. The molecule has 4 rings (SSSR count). The normalized spacial score (nSPS) is 16.8. The Kier molecular flexibility index (Phi) is 5.07. The molecule has 0 bridgehead atoms. The quantitative estimate of drug-likeness (QED) is 0.409. The highest BCUT2D eigenvalue weighted by Gasteiger charge is 2.32. The Bertz CT molecular complexity index is 1120. The Balaban J connectivity index is 1.67. The van der Waals surface area contributed by atoms with E-state index < -0.39 is 11.9 Å². The fourth-order valence-electron chi connectivity index (χ4n) is 2.56. The molecule has 11 heteroatoms. The molecule has 1 N–H and O–H groups in total. The minimum absolute atomic E-state index is 0.0455. The van der Waals surface area contributed by atoms with Crippen LogP contribution in [0.4, 0.5) is 0 Å². The van der Waals surface area contributed by atoms with E-state index in [9.17, 15) is 9.59 Å². The van der Waals surface area contributed by atoms with Crippen LogP contribution in [0, 0.1) is 5.41 Å². The molecular formula is C18H11BrN4O5S. The van der Waals surface area contributed by atoms with Crippen molar-refractivity contribution in [1.29, 1.82) is 5.41 Å². The molecule has 9 nitrogen and oxygen atoms in total. The summed E-state index contributed by atoms with van der Waals surface area (Å²) in [6.45, 7) is 0. The minimum atomic E-state index is -0.685. The number of benzene rings is 1. The van der Waals surface area contributed by atoms with Crippen LogP contribution in [0.15, 0.2) is 55.1 Å². The summed E-state index contributed by atoms with van der Waals surface area (Å²) >= 11 is 4.52. The van der Waals surface area contributed by atoms with E-state index in [1.165, 1.54) is 47.8 Å². The van der Waals surface area contributed by atoms with Gasteiger partial charge >= 0.3 is 5.97 Å². The Morgan fingerprint density at radius 1 is 1.41 bits per heavy atom. The Morgan fingerprint density at radius 2 is 2.24 bits per heavy atom. The van der Waals surface area contributed by atoms with Gasteiger partial charge in [-0.25, -0.2) is 4.79 Å². The largest absolute Gasteiger partial charge is 0.493 e. The van der Waals surface area contributed by atoms with Gasteiger partial charge in [-0.15, -0.1) is 0 Å². The van der Waals surface area contributed by atoms with E-state index >= 15 is 0 Å². The SMILES string of the molecule is COc1cc(C=C2C(=N)N3N=CSC3=NC2=O)cc(Br)c1OC(=O)c1ccco1. The van der Waals surface area contributed by atoms with Crippen LogP contribution in [-0.4, -0.2) is 40.5 Å². The number of esters is 1. The molecule has 0 aliphatic carbocycles. The third kappa shape index (κ3) is 3.61. The predicted molar refractivity (Wildman–Crippen MR) is 110 cm³/mol. The van der Waals surface area contributed by atoms with Crippen molar-refractivity contribution < 1.29 is 23.5 Å². The summed E-state index contributed by atoms with van der Waals surface area (Å²) < 4.78 is 16.1. The monoisotopic (exact) mass is 474 g/mol. The average Bonchev–Trinajstić information content (AvgIpc) is 3.38. The lowest BCUT2D eigenvalue weighted by molar-refractivity contribution is -0.114. The molecular weight excluding hydrogens is 464 g/mol. The van der Waals surface area contributed by atoms with Crippen LogP contribution < -0.4 is 9.47 Å². The number of nitrogens with one attached hydrogen (secondary N) is 1. The fraction of sp³-hybridized carbons (Fsp3) is 0.0556. The molecule has 29 heavy (non-hydrogen) atoms. The first-order valence-corrected chi connectivity index (χ1v) is 9.71. The lowest BCUT2D eigenvalue weighted by Gasteiger charge is -2.20. The summed E-state index contributed by atoms with van der Waals surface area (Å²) in [4.78, 5) is 28.4. The smallest absolute Gasteiger partial charge is 0.379 e. The van der Waals surface area contributed by atoms with Crippen molar-refractivity contribution in [2.24, 2.45) is 10.1 Å². The predicted octanol–water partition coefficient (Wildman–Crippen LogP) is 3.52. The summed E-state index contributed by atoms with van der Waals surface area (Å²) in [6.07, 6.45) is 2.86. The van der Waals surface area contributed by atoms with Crippen molar-refractivity contribution >= 4 is 62.2 Å². The number of thioether (sulfide) groups is 1. The molecule has 1 amide bonds. The molecule has 0 unspecified atom stereocenters. The number of hydrogen-bond donors (Lipinski definition) is 1. The van der Waals surface area contributed by atoms with E-state index in [1.54, 1.807) is 18.2 Å². The topological polar surface area (TPSA) is 118 Å². The maximum atomic E-state index is 12.3. The van der Waals surface area contributed by atoms with Gasteiger partial charge in [-0.05, 0) is 63.6 Å². The Morgan fingerprint density at radius 3 is 2.97 bits per heavy atom. The lowest BCUT2D eigenvalue weighted by atomic mass is 10.1. The molecule has 2 aromatic rings. The number of halogens is 1. The van der Waals surface area contributed by atoms with Crippen LogP contribution in [0.2, 0.25) is 0 Å². The average molecular weight is 475 g/mol. The first kappa shape index (κ1) is 19.2. The number of carbonyl (C=O) groups is 2. The maximum Gasteiger partial charge on any atom is 0.379 e. The van der Waals surface area contributed by atoms with Crippen LogP contribution in [0.1, 0.15) is 16.1 Å². The highest BCUT2D eigenvalue weighted by Crippen LogP contribution is 2.38. The number of amides is 1. The molecule has 3 heterocycles. The van der Waals surface area contributed by atoms with Gasteiger partial charge in [-0.3, -0.25) is 10.2 Å². The molecule has 2 aliphatic rings. The number of ether oxygens (including phenoxy) is 2. The van der Waals surface area contributed by atoms with Crippen molar-refractivity contribution in [2.45, 2.75) is 0 Å². The number of nitrogens with zero attached hydrogens (tertiary/aromatic N) is 3. The zero-order valence-corrected chi connectivity index (χ0v) is 17.1. The van der Waals surface area contributed by atoms with E-state index in [1.807, 2.05) is 0 Å². The highest BCUT2D eigenvalue weighted by atomic mass is 79.9. The van der Waals surface area contributed by atoms with Gasteiger partial charge in [-0.1, -0.05) is 0 Å². The molecule has 1 aromatic heterocycles. The second kappa shape index (κ2) is 7.68. The van der Waals surface area contributed by atoms with Crippen LogP contribution in [0.25, 0.3) is 6.08 Å². The van der Waals surface area contributed by atoms with Crippen molar-refractivity contribution in [3.8, 4) is 11.5 Å². The molecule has 1 aromatic carbocycles. The lowest BCUT2D eigenvalue weighted by Crippen LogP contribution is -2.35. The van der Waals surface area contributed by atoms with Crippen LogP contribution in [0.5, 0.6) is 11.5 Å². The number of methoxy groups -OCH3 is 1. The molecule has 0 saturated heterocycles. The van der Waals surface area contributed by atoms with Crippen molar-refractivity contribution in [2.75, 3.05) is 7.11 Å². The molecule has 0 atom stereocenters.